The zero-order valence-corrected chi connectivity index (χ0v) is 20.7. The molecule has 1 aliphatic heterocycles. The lowest BCUT2D eigenvalue weighted by Crippen LogP contribution is -2.54. The summed E-state index contributed by atoms with van der Waals surface area (Å²) in [5.74, 6) is -4.43. The van der Waals surface area contributed by atoms with E-state index < -0.39 is 29.8 Å². The average Bonchev–Trinajstić information content (AvgIpc) is 3.10. The van der Waals surface area contributed by atoms with Crippen molar-refractivity contribution in [2.24, 2.45) is 0 Å². The van der Waals surface area contributed by atoms with Crippen LogP contribution in [0.5, 0.6) is 0 Å². The summed E-state index contributed by atoms with van der Waals surface area (Å²) in [5, 5.41) is 21.3. The Morgan fingerprint density at radius 3 is 2.11 bits per heavy atom. The minimum Gasteiger partial charge on any atom is -0.478 e. The molecular weight excluding hydrogens is 525 g/mol. The third kappa shape index (κ3) is 4.72. The standard InChI is InChI=1S/C25H17Cl2N3O7/c1-11-5-13(12(2)29(11)17-7-14(23(33)34)6-15(8-17)24(35)36)9-18-21(31)28-25(37)30(22(18)32)20-4-3-16(26)10-19(20)27/h3-10H,1-2H3,(H,33,34)(H,35,36)(H,28,31,37)/b18-9+. The number of aryl methyl sites for hydroxylation is 1. The number of imide groups is 2. The predicted octanol–water partition coefficient (Wildman–Crippen LogP) is 4.46. The van der Waals surface area contributed by atoms with Crippen LogP contribution in [-0.4, -0.2) is 44.6 Å². The average molecular weight is 542 g/mol. The van der Waals surface area contributed by atoms with Crippen LogP contribution in [0.4, 0.5) is 10.5 Å². The van der Waals surface area contributed by atoms with E-state index in [-0.39, 0.29) is 38.1 Å². The summed E-state index contributed by atoms with van der Waals surface area (Å²) in [6.07, 6.45) is 1.29. The first kappa shape index (κ1) is 25.7. The van der Waals surface area contributed by atoms with Gasteiger partial charge in [-0.25, -0.2) is 19.3 Å². The molecule has 4 amide bonds. The molecule has 1 aliphatic rings. The fraction of sp³-hybridized carbons (Fsp3) is 0.0800. The molecule has 0 spiro atoms. The number of anilines is 1. The molecule has 4 rings (SSSR count). The van der Waals surface area contributed by atoms with Crippen molar-refractivity contribution >= 4 is 64.7 Å². The molecule has 0 bridgehead atoms. The van der Waals surface area contributed by atoms with Crippen LogP contribution in [0.1, 0.15) is 37.7 Å². The van der Waals surface area contributed by atoms with Crippen LogP contribution in [0.2, 0.25) is 10.0 Å². The lowest BCUT2D eigenvalue weighted by Gasteiger charge is -2.27. The molecule has 2 aromatic carbocycles. The van der Waals surface area contributed by atoms with E-state index in [1.54, 1.807) is 24.5 Å². The zero-order valence-electron chi connectivity index (χ0n) is 19.2. The Labute approximate surface area is 219 Å². The molecule has 188 valence electrons. The van der Waals surface area contributed by atoms with E-state index in [4.69, 9.17) is 23.2 Å². The van der Waals surface area contributed by atoms with Gasteiger partial charge in [0.25, 0.3) is 11.8 Å². The molecule has 37 heavy (non-hydrogen) atoms. The maximum Gasteiger partial charge on any atom is 0.335 e. The SMILES string of the molecule is Cc1cc(/C=C2\C(=O)NC(=O)N(c3ccc(Cl)cc3Cl)C2=O)c(C)n1-c1cc(C(=O)O)cc(C(=O)O)c1. The van der Waals surface area contributed by atoms with Gasteiger partial charge in [-0.05, 0) is 68.0 Å². The van der Waals surface area contributed by atoms with Gasteiger partial charge in [0.05, 0.1) is 21.8 Å². The third-order valence-electron chi connectivity index (χ3n) is 5.69. The maximum absolute atomic E-state index is 13.2. The van der Waals surface area contributed by atoms with E-state index in [9.17, 15) is 34.2 Å². The van der Waals surface area contributed by atoms with Crippen molar-refractivity contribution in [3.8, 4) is 5.69 Å². The Kier molecular flexibility index (Phi) is 6.64. The number of carbonyl (C=O) groups excluding carboxylic acids is 3. The van der Waals surface area contributed by atoms with Gasteiger partial charge >= 0.3 is 18.0 Å². The van der Waals surface area contributed by atoms with Crippen molar-refractivity contribution in [3.63, 3.8) is 0 Å². The van der Waals surface area contributed by atoms with E-state index in [1.807, 2.05) is 0 Å². The Morgan fingerprint density at radius 1 is 0.919 bits per heavy atom. The molecule has 12 heteroatoms. The minimum absolute atomic E-state index is 0.0235. The predicted molar refractivity (Wildman–Crippen MR) is 135 cm³/mol. The number of amides is 4. The van der Waals surface area contributed by atoms with E-state index in [0.29, 0.717) is 17.0 Å². The molecule has 1 saturated heterocycles. The van der Waals surface area contributed by atoms with Gasteiger partial charge in [0.15, 0.2) is 0 Å². The molecule has 0 unspecified atom stereocenters. The fourth-order valence-electron chi connectivity index (χ4n) is 4.01. The highest BCUT2D eigenvalue weighted by Gasteiger charge is 2.38. The molecule has 3 N–H and O–H groups in total. The Balaban J connectivity index is 1.81. The van der Waals surface area contributed by atoms with Crippen LogP contribution in [0, 0.1) is 13.8 Å². The van der Waals surface area contributed by atoms with Crippen molar-refractivity contribution in [1.29, 1.82) is 0 Å². The number of carboxylic acids is 2. The normalized spacial score (nSPS) is 14.8. The molecule has 0 atom stereocenters. The number of nitrogens with one attached hydrogen (secondary N) is 1. The van der Waals surface area contributed by atoms with E-state index in [0.717, 1.165) is 11.0 Å². The Hall–Kier alpha value is -4.41. The molecule has 0 radical (unpaired) electrons. The molecular formula is C25H17Cl2N3O7. The van der Waals surface area contributed by atoms with Gasteiger partial charge in [-0.3, -0.25) is 14.9 Å². The van der Waals surface area contributed by atoms with Crippen molar-refractivity contribution in [1.82, 2.24) is 9.88 Å². The number of urea groups is 1. The van der Waals surface area contributed by atoms with Crippen molar-refractivity contribution in [2.45, 2.75) is 13.8 Å². The Bertz CT molecular complexity index is 1540. The maximum atomic E-state index is 13.2. The van der Waals surface area contributed by atoms with Crippen LogP contribution >= 0.6 is 23.2 Å². The summed E-state index contributed by atoms with van der Waals surface area (Å²) in [7, 11) is 0. The monoisotopic (exact) mass is 541 g/mol. The number of halogens is 2. The lowest BCUT2D eigenvalue weighted by molar-refractivity contribution is -0.122. The number of hydrogen-bond donors (Lipinski definition) is 3. The van der Waals surface area contributed by atoms with Gasteiger partial charge in [-0.15, -0.1) is 0 Å². The molecule has 3 aromatic rings. The second-order valence-corrected chi connectivity index (χ2v) is 8.94. The highest BCUT2D eigenvalue weighted by Crippen LogP contribution is 2.32. The van der Waals surface area contributed by atoms with Gasteiger partial charge in [0.2, 0.25) is 0 Å². The third-order valence-corrected chi connectivity index (χ3v) is 6.23. The van der Waals surface area contributed by atoms with Crippen LogP contribution in [0.25, 0.3) is 11.8 Å². The van der Waals surface area contributed by atoms with Crippen molar-refractivity contribution in [2.75, 3.05) is 4.90 Å². The first-order chi connectivity index (χ1) is 17.4. The van der Waals surface area contributed by atoms with E-state index >= 15 is 0 Å². The summed E-state index contributed by atoms with van der Waals surface area (Å²) in [4.78, 5) is 62.2. The topological polar surface area (TPSA) is 146 Å². The van der Waals surface area contributed by atoms with E-state index in [1.165, 1.54) is 36.4 Å². The first-order valence-corrected chi connectivity index (χ1v) is 11.3. The van der Waals surface area contributed by atoms with Crippen LogP contribution < -0.4 is 10.2 Å². The minimum atomic E-state index is -1.30. The summed E-state index contributed by atoms with van der Waals surface area (Å²) in [5.41, 5.74) is 0.959. The molecule has 10 nitrogen and oxygen atoms in total. The quantitative estimate of drug-likeness (QED) is 0.319. The van der Waals surface area contributed by atoms with E-state index in [2.05, 4.69) is 5.32 Å². The second kappa shape index (κ2) is 9.57. The number of nitrogens with zero attached hydrogens (tertiary/aromatic N) is 2. The second-order valence-electron chi connectivity index (χ2n) is 8.09. The zero-order chi connectivity index (χ0) is 27.2. The summed E-state index contributed by atoms with van der Waals surface area (Å²) in [6, 6.07) is 8.48. The number of benzene rings is 2. The fourth-order valence-corrected chi connectivity index (χ4v) is 4.51. The van der Waals surface area contributed by atoms with Crippen LogP contribution in [0.3, 0.4) is 0 Å². The number of hydrogen-bond acceptors (Lipinski definition) is 5. The van der Waals surface area contributed by atoms with Gasteiger partial charge in [0.1, 0.15) is 5.57 Å². The molecule has 0 aliphatic carbocycles. The van der Waals surface area contributed by atoms with Gasteiger partial charge in [0, 0.05) is 22.1 Å². The van der Waals surface area contributed by atoms with Gasteiger partial charge in [-0.1, -0.05) is 23.2 Å². The number of rotatable bonds is 5. The van der Waals surface area contributed by atoms with Crippen LogP contribution in [-0.2, 0) is 9.59 Å². The number of aromatic carboxylic acids is 2. The molecule has 0 saturated carbocycles. The number of carboxylic acid groups (broad SMARTS) is 2. The highest BCUT2D eigenvalue weighted by atomic mass is 35.5. The molecule has 1 fully saturated rings. The first-order valence-electron chi connectivity index (χ1n) is 10.6. The van der Waals surface area contributed by atoms with Crippen molar-refractivity contribution < 1.29 is 34.2 Å². The largest absolute Gasteiger partial charge is 0.478 e. The number of barbiturate groups is 1. The summed E-state index contributed by atoms with van der Waals surface area (Å²) < 4.78 is 1.59. The number of carbonyl (C=O) groups is 5. The summed E-state index contributed by atoms with van der Waals surface area (Å²) >= 11 is 12.1. The Morgan fingerprint density at radius 2 is 1.54 bits per heavy atom. The molecule has 2 heterocycles. The lowest BCUT2D eigenvalue weighted by atomic mass is 10.1. The van der Waals surface area contributed by atoms with Crippen molar-refractivity contribution in [3.05, 3.63) is 86.2 Å². The van der Waals surface area contributed by atoms with Crippen LogP contribution in [0.15, 0.2) is 48.0 Å². The highest BCUT2D eigenvalue weighted by molar-refractivity contribution is 6.42. The smallest absolute Gasteiger partial charge is 0.335 e. The van der Waals surface area contributed by atoms with Gasteiger partial charge < -0.3 is 14.8 Å². The summed E-state index contributed by atoms with van der Waals surface area (Å²) in [6.45, 7) is 3.34. The van der Waals surface area contributed by atoms with Gasteiger partial charge in [-0.2, -0.15) is 0 Å². The molecule has 1 aromatic heterocycles. The number of aromatic nitrogens is 1.